The van der Waals surface area contributed by atoms with Gasteiger partial charge in [0.15, 0.2) is 0 Å². The number of hydrogen-bond acceptors (Lipinski definition) is 7. The predicted molar refractivity (Wildman–Crippen MR) is 193 cm³/mol. The second-order valence-corrected chi connectivity index (χ2v) is 17.8. The number of Topliss-reactive ketones (excluding diaryl/α,β-unsaturated/α-hetero) is 1. The molecule has 0 aromatic heterocycles. The van der Waals surface area contributed by atoms with Crippen LogP contribution in [-0.2, 0) is 23.9 Å². The summed E-state index contributed by atoms with van der Waals surface area (Å²) in [6.07, 6.45) is 2.29. The Morgan fingerprint density at radius 2 is 1.58 bits per heavy atom. The summed E-state index contributed by atoms with van der Waals surface area (Å²) in [4.78, 5) is 83.2. The van der Waals surface area contributed by atoms with E-state index in [0.29, 0.717) is 19.4 Å². The highest BCUT2D eigenvalue weighted by molar-refractivity contribution is 6.38. The second kappa shape index (κ2) is 16.1. The number of ether oxygens (including phenoxy) is 1. The van der Waals surface area contributed by atoms with Crippen LogP contribution >= 0.6 is 0 Å². The van der Waals surface area contributed by atoms with E-state index >= 15 is 0 Å². The predicted octanol–water partition coefficient (Wildman–Crippen LogP) is 4.01. The molecule has 1 aliphatic heterocycles. The number of urea groups is 1. The van der Waals surface area contributed by atoms with Crippen LogP contribution in [0.4, 0.5) is 9.59 Å². The second-order valence-electron chi connectivity index (χ2n) is 17.8. The number of likely N-dealkylation sites (N-methyl/N-ethyl adjacent to an activating group) is 1. The van der Waals surface area contributed by atoms with Crippen molar-refractivity contribution in [1.82, 2.24) is 31.1 Å². The number of fused-ring (bicyclic) bond motifs is 1. The van der Waals surface area contributed by atoms with Gasteiger partial charge in [0.1, 0.15) is 17.7 Å². The Balaban J connectivity index is 2.31. The SMILES string of the molecule is C=CCNC(=O)C(=O)C(CCC)NC(=O)[C@@H]1[C@@H]2[C@H](CN1C(=O)[C@@H](NC(=O)N[C@H](CN(C)C(=O)OC(C)(C)C)CC(C)(C)C)C(C)(C)C)C2(C)C. The molecule has 1 heterocycles. The first-order valence-electron chi connectivity index (χ1n) is 17.8. The Kier molecular flexibility index (Phi) is 13.7. The van der Waals surface area contributed by atoms with Crippen LogP contribution < -0.4 is 21.3 Å². The quantitative estimate of drug-likeness (QED) is 0.157. The Morgan fingerprint density at radius 1 is 0.980 bits per heavy atom. The molecule has 0 aromatic carbocycles. The molecule has 4 N–H and O–H groups in total. The fraction of sp³-hybridized carbons (Fsp3) is 0.784. The Morgan fingerprint density at radius 3 is 2.08 bits per heavy atom. The van der Waals surface area contributed by atoms with Crippen molar-refractivity contribution in [1.29, 1.82) is 0 Å². The van der Waals surface area contributed by atoms with E-state index in [1.807, 2.05) is 48.5 Å². The molecule has 6 amide bonds. The van der Waals surface area contributed by atoms with E-state index in [4.69, 9.17) is 4.74 Å². The molecule has 0 radical (unpaired) electrons. The summed E-state index contributed by atoms with van der Waals surface area (Å²) in [6.45, 7) is 27.1. The Labute approximate surface area is 299 Å². The normalized spacial score (nSPS) is 21.5. The molecule has 2 fully saturated rings. The van der Waals surface area contributed by atoms with Gasteiger partial charge in [0, 0.05) is 32.7 Å². The maximum absolute atomic E-state index is 14.4. The van der Waals surface area contributed by atoms with Gasteiger partial charge in [0.2, 0.25) is 17.6 Å². The lowest BCUT2D eigenvalue weighted by Gasteiger charge is -2.38. The molecule has 13 nitrogen and oxygen atoms in total. The molecule has 1 saturated carbocycles. The number of rotatable bonds is 14. The van der Waals surface area contributed by atoms with E-state index in [2.05, 4.69) is 41.7 Å². The zero-order valence-electron chi connectivity index (χ0n) is 32.7. The molecule has 1 unspecified atom stereocenters. The maximum Gasteiger partial charge on any atom is 0.410 e. The van der Waals surface area contributed by atoms with Crippen LogP contribution in [0.5, 0.6) is 0 Å². The minimum atomic E-state index is -1.05. The highest BCUT2D eigenvalue weighted by Gasteiger charge is 2.70. The van der Waals surface area contributed by atoms with Crippen LogP contribution in [0.1, 0.15) is 102 Å². The summed E-state index contributed by atoms with van der Waals surface area (Å²) in [5.74, 6) is -2.54. The third-order valence-corrected chi connectivity index (χ3v) is 9.38. The molecule has 6 atom stereocenters. The summed E-state index contributed by atoms with van der Waals surface area (Å²) in [5.41, 5.74) is -1.82. The minimum Gasteiger partial charge on any atom is -0.444 e. The van der Waals surface area contributed by atoms with E-state index in [1.165, 1.54) is 15.9 Å². The van der Waals surface area contributed by atoms with Gasteiger partial charge < -0.3 is 35.8 Å². The van der Waals surface area contributed by atoms with Crippen LogP contribution in [0, 0.1) is 28.1 Å². The third-order valence-electron chi connectivity index (χ3n) is 9.38. The van der Waals surface area contributed by atoms with Crippen molar-refractivity contribution in [2.24, 2.45) is 28.1 Å². The van der Waals surface area contributed by atoms with Crippen molar-refractivity contribution < 1.29 is 33.5 Å². The number of carbonyl (C=O) groups excluding carboxylic acids is 6. The average molecular weight is 705 g/mol. The number of piperidine rings is 1. The van der Waals surface area contributed by atoms with Crippen LogP contribution in [-0.4, -0.2) is 102 Å². The van der Waals surface area contributed by atoms with Crippen molar-refractivity contribution in [3.8, 4) is 0 Å². The van der Waals surface area contributed by atoms with Gasteiger partial charge in [-0.1, -0.05) is 74.8 Å². The van der Waals surface area contributed by atoms with Gasteiger partial charge >= 0.3 is 12.1 Å². The molecule has 50 heavy (non-hydrogen) atoms. The molecule has 0 bridgehead atoms. The van der Waals surface area contributed by atoms with Crippen molar-refractivity contribution in [3.63, 3.8) is 0 Å². The first-order chi connectivity index (χ1) is 22.7. The summed E-state index contributed by atoms with van der Waals surface area (Å²) in [7, 11) is 1.61. The average Bonchev–Trinajstić information content (AvgIpc) is 3.27. The molecule has 2 rings (SSSR count). The summed E-state index contributed by atoms with van der Waals surface area (Å²) in [5, 5.41) is 11.1. The number of likely N-dealkylation sites (tertiary alicyclic amines) is 1. The lowest BCUT2D eigenvalue weighted by molar-refractivity contribution is -0.145. The van der Waals surface area contributed by atoms with Gasteiger partial charge in [0.05, 0.1) is 6.04 Å². The van der Waals surface area contributed by atoms with Gasteiger partial charge in [-0.05, 0) is 61.7 Å². The molecule has 1 saturated heterocycles. The molecule has 0 spiro atoms. The number of nitrogens with one attached hydrogen (secondary N) is 4. The zero-order chi connectivity index (χ0) is 38.6. The largest absolute Gasteiger partial charge is 0.444 e. The van der Waals surface area contributed by atoms with Crippen molar-refractivity contribution in [2.75, 3.05) is 26.7 Å². The van der Waals surface area contributed by atoms with Crippen LogP contribution in [0.3, 0.4) is 0 Å². The van der Waals surface area contributed by atoms with E-state index in [0.717, 1.165) is 0 Å². The highest BCUT2D eigenvalue weighted by Crippen LogP contribution is 2.65. The van der Waals surface area contributed by atoms with Crippen molar-refractivity contribution in [2.45, 2.75) is 132 Å². The molecular weight excluding hydrogens is 640 g/mol. The monoisotopic (exact) mass is 704 g/mol. The Bertz CT molecular complexity index is 1290. The molecule has 0 aromatic rings. The number of hydrogen-bond donors (Lipinski definition) is 4. The number of carbonyl (C=O) groups is 6. The first kappa shape index (κ1) is 42.5. The first-order valence-corrected chi connectivity index (χ1v) is 17.8. The van der Waals surface area contributed by atoms with Crippen molar-refractivity contribution in [3.05, 3.63) is 12.7 Å². The molecular formula is C37H64N6O7. The van der Waals surface area contributed by atoms with E-state index in [1.54, 1.807) is 27.8 Å². The third kappa shape index (κ3) is 11.4. The molecule has 2 aliphatic rings. The molecule has 1 aliphatic carbocycles. The smallest absolute Gasteiger partial charge is 0.410 e. The van der Waals surface area contributed by atoms with Crippen LogP contribution in [0.15, 0.2) is 12.7 Å². The zero-order valence-corrected chi connectivity index (χ0v) is 32.7. The Hall–Kier alpha value is -3.64. The van der Waals surface area contributed by atoms with Crippen molar-refractivity contribution >= 4 is 35.6 Å². The van der Waals surface area contributed by atoms with E-state index in [9.17, 15) is 28.8 Å². The van der Waals surface area contributed by atoms with Gasteiger partial charge in [-0.25, -0.2) is 9.59 Å². The topological polar surface area (TPSA) is 166 Å². The molecule has 13 heteroatoms. The summed E-state index contributed by atoms with van der Waals surface area (Å²) in [6, 6.07) is -3.96. The molecule has 284 valence electrons. The highest BCUT2D eigenvalue weighted by atomic mass is 16.6. The van der Waals surface area contributed by atoms with Crippen LogP contribution in [0.25, 0.3) is 0 Å². The lowest BCUT2D eigenvalue weighted by Crippen LogP contribution is -2.62. The van der Waals surface area contributed by atoms with Gasteiger partial charge in [-0.3, -0.25) is 19.2 Å². The van der Waals surface area contributed by atoms with E-state index < -0.39 is 70.8 Å². The van der Waals surface area contributed by atoms with Gasteiger partial charge in [0.25, 0.3) is 5.91 Å². The summed E-state index contributed by atoms with van der Waals surface area (Å²) < 4.78 is 5.50. The van der Waals surface area contributed by atoms with Crippen LogP contribution in [0.2, 0.25) is 0 Å². The van der Waals surface area contributed by atoms with Gasteiger partial charge in [-0.15, -0.1) is 6.58 Å². The minimum absolute atomic E-state index is 0.0624. The maximum atomic E-state index is 14.4. The fourth-order valence-corrected chi connectivity index (χ4v) is 6.86. The summed E-state index contributed by atoms with van der Waals surface area (Å²) >= 11 is 0. The fourth-order valence-electron chi connectivity index (χ4n) is 6.86. The van der Waals surface area contributed by atoms with Gasteiger partial charge in [-0.2, -0.15) is 0 Å². The number of amides is 6. The lowest BCUT2D eigenvalue weighted by atomic mass is 9.85. The standard InChI is InChI=1S/C37H64N6O7/c1-15-17-24(27(44)30(46)38-18-16-2)40-29(45)26-25-23(37(25,12)13)21-43(26)31(47)28(35(6,7)8)41-32(48)39-22(19-34(3,4)5)20-42(14)33(49)50-36(9,10)11/h16,22-26,28H,2,15,17-21H2,1,3-14H3,(H,38,46)(H,40,45)(H2,39,41,48)/t22-,23-,24?,25-,26-,28+/m0/s1. The van der Waals surface area contributed by atoms with E-state index in [-0.39, 0.29) is 42.2 Å². The number of nitrogens with zero attached hydrogens (tertiary/aromatic N) is 2. The number of ketones is 1.